The van der Waals surface area contributed by atoms with Gasteiger partial charge in [0.2, 0.25) is 0 Å². The summed E-state index contributed by atoms with van der Waals surface area (Å²) in [5, 5.41) is 26.8. The molecule has 12 nitrogen and oxygen atoms in total. The lowest BCUT2D eigenvalue weighted by Crippen LogP contribution is -2.69. The van der Waals surface area contributed by atoms with Gasteiger partial charge in [-0.15, -0.1) is 0 Å². The van der Waals surface area contributed by atoms with E-state index in [1.165, 1.54) is 0 Å². The number of aliphatic hydroxyl groups is 2. The van der Waals surface area contributed by atoms with Crippen LogP contribution < -0.4 is 0 Å². The fourth-order valence-corrected chi connectivity index (χ4v) is 8.19. The van der Waals surface area contributed by atoms with Crippen LogP contribution in [-0.2, 0) is 38.3 Å². The molecule has 10 atom stereocenters. The van der Waals surface area contributed by atoms with Gasteiger partial charge in [0.25, 0.3) is 6.47 Å². The predicted molar refractivity (Wildman–Crippen MR) is 195 cm³/mol. The van der Waals surface area contributed by atoms with Crippen molar-refractivity contribution in [1.82, 2.24) is 10.1 Å². The Labute approximate surface area is 308 Å². The number of piperidine rings is 2. The van der Waals surface area contributed by atoms with Gasteiger partial charge in [-0.1, -0.05) is 41.5 Å². The molecule has 0 spiro atoms. The first kappa shape index (κ1) is 45.3. The van der Waals surface area contributed by atoms with Crippen molar-refractivity contribution in [3.8, 4) is 0 Å². The second-order valence-electron chi connectivity index (χ2n) is 16.8. The number of hydroxylamine groups is 4. The van der Waals surface area contributed by atoms with E-state index in [2.05, 4.69) is 53.5 Å². The Morgan fingerprint density at radius 1 is 0.804 bits per heavy atom. The van der Waals surface area contributed by atoms with Crippen LogP contribution in [0.4, 0.5) is 0 Å². The quantitative estimate of drug-likeness (QED) is 0.0844. The third kappa shape index (κ3) is 10.2. The molecule has 10 unspecified atom stereocenters. The molecule has 0 amide bonds. The third-order valence-electron chi connectivity index (χ3n) is 12.7. The van der Waals surface area contributed by atoms with Crippen molar-refractivity contribution in [2.45, 2.75) is 194 Å². The number of nitrogens with zero attached hydrogens (tertiary/aromatic N) is 2. The van der Waals surface area contributed by atoms with Gasteiger partial charge in [0.1, 0.15) is 19.8 Å². The van der Waals surface area contributed by atoms with E-state index in [9.17, 15) is 24.6 Å². The molecule has 0 aliphatic carbocycles. The first-order chi connectivity index (χ1) is 23.7. The molecule has 0 bridgehead atoms. The Balaban J connectivity index is 2.35. The minimum atomic E-state index is -0.997. The van der Waals surface area contributed by atoms with Gasteiger partial charge in [0.15, 0.2) is 6.10 Å². The summed E-state index contributed by atoms with van der Waals surface area (Å²) in [6.07, 6.45) is 3.30. The van der Waals surface area contributed by atoms with Crippen molar-refractivity contribution in [1.29, 1.82) is 0 Å². The first-order valence-corrected chi connectivity index (χ1v) is 19.4. The molecule has 2 aliphatic rings. The molecule has 0 radical (unpaired) electrons. The molecule has 0 saturated carbocycles. The zero-order valence-electron chi connectivity index (χ0n) is 34.1. The largest absolute Gasteiger partial charge is 0.467 e. The topological polar surface area (TPSA) is 144 Å². The Kier molecular flexibility index (Phi) is 16.4. The van der Waals surface area contributed by atoms with Crippen LogP contribution in [0.5, 0.6) is 0 Å². The summed E-state index contributed by atoms with van der Waals surface area (Å²) >= 11 is 0. The minimum absolute atomic E-state index is 0.0214. The standard InChI is InChI=1S/C39H72N2O10/c1-14-33(45)48-24-39(17-4,23-47-26-42)25-49-34(46)30(9)51-41-36(11,22-32(44)28(7)37(41,12)16-3)19-18-20-38(13)29(8)31(43)21-35(10,15-2)40(38)50-27(5)6/h26-32,43-44H,14-25H2,1-13H3. The van der Waals surface area contributed by atoms with Gasteiger partial charge in [-0.05, 0) is 99.8 Å². The van der Waals surface area contributed by atoms with E-state index in [0.717, 1.165) is 19.3 Å². The van der Waals surface area contributed by atoms with Crippen molar-refractivity contribution in [3.63, 3.8) is 0 Å². The molecule has 2 N–H and O–H groups in total. The zero-order chi connectivity index (χ0) is 39.0. The van der Waals surface area contributed by atoms with Crippen molar-refractivity contribution in [2.75, 3.05) is 19.8 Å². The van der Waals surface area contributed by atoms with E-state index >= 15 is 0 Å². The number of hydrogen-bond donors (Lipinski definition) is 2. The third-order valence-corrected chi connectivity index (χ3v) is 12.7. The van der Waals surface area contributed by atoms with E-state index in [-0.39, 0.29) is 49.7 Å². The van der Waals surface area contributed by atoms with Crippen molar-refractivity contribution in [2.24, 2.45) is 17.3 Å². The van der Waals surface area contributed by atoms with Gasteiger partial charge in [-0.2, -0.15) is 10.1 Å². The Hall–Kier alpha value is -1.83. The van der Waals surface area contributed by atoms with E-state index < -0.39 is 52.3 Å². The van der Waals surface area contributed by atoms with Gasteiger partial charge in [-0.25, -0.2) is 4.79 Å². The van der Waals surface area contributed by atoms with Gasteiger partial charge in [0.05, 0.1) is 23.7 Å². The number of ether oxygens (including phenoxy) is 3. The highest BCUT2D eigenvalue weighted by Gasteiger charge is 2.57. The van der Waals surface area contributed by atoms with E-state index in [0.29, 0.717) is 38.6 Å². The molecular formula is C39H72N2O10. The maximum absolute atomic E-state index is 13.6. The summed E-state index contributed by atoms with van der Waals surface area (Å²) in [6, 6.07) is 0. The van der Waals surface area contributed by atoms with Crippen molar-refractivity contribution in [3.05, 3.63) is 0 Å². The second-order valence-corrected chi connectivity index (χ2v) is 16.8. The second kappa shape index (κ2) is 18.5. The van der Waals surface area contributed by atoms with E-state index in [1.807, 2.05) is 32.8 Å². The summed E-state index contributed by atoms with van der Waals surface area (Å²) in [5.41, 5.74) is -2.94. The number of carbonyl (C=O) groups excluding carboxylic acids is 3. The Bertz CT molecular complexity index is 1140. The normalized spacial score (nSPS) is 35.2. The summed E-state index contributed by atoms with van der Waals surface area (Å²) < 4.78 is 16.2. The van der Waals surface area contributed by atoms with Crippen LogP contribution in [0.2, 0.25) is 0 Å². The molecule has 51 heavy (non-hydrogen) atoms. The molecule has 298 valence electrons. The number of hydrogen-bond acceptors (Lipinski definition) is 12. The SMILES string of the molecule is CCC(=O)OCC(CC)(COC=O)COC(=O)C(C)ON1C(C)(CCCC2(C)C(C)C(O)CC(C)(CC)N2OC(C)C)CC(O)C(C)C1(C)CC. The summed E-state index contributed by atoms with van der Waals surface area (Å²) in [4.78, 5) is 49.7. The maximum atomic E-state index is 13.6. The number of rotatable bonds is 20. The van der Waals surface area contributed by atoms with Gasteiger partial charge in [0, 0.05) is 40.4 Å². The molecule has 2 saturated heterocycles. The van der Waals surface area contributed by atoms with Gasteiger partial charge >= 0.3 is 11.9 Å². The number of carbonyl (C=O) groups is 3. The lowest BCUT2D eigenvalue weighted by Gasteiger charge is -2.60. The molecule has 2 heterocycles. The average Bonchev–Trinajstić information content (AvgIpc) is 3.09. The average molecular weight is 729 g/mol. The monoisotopic (exact) mass is 729 g/mol. The van der Waals surface area contributed by atoms with E-state index in [1.54, 1.807) is 13.8 Å². The molecule has 2 fully saturated rings. The maximum Gasteiger partial charge on any atom is 0.337 e. The smallest absolute Gasteiger partial charge is 0.337 e. The highest BCUT2D eigenvalue weighted by Crippen LogP contribution is 2.50. The van der Waals surface area contributed by atoms with Crippen LogP contribution >= 0.6 is 0 Å². The molecule has 12 heteroatoms. The number of aliphatic hydroxyl groups excluding tert-OH is 2. The highest BCUT2D eigenvalue weighted by molar-refractivity contribution is 5.74. The molecule has 0 aromatic heterocycles. The zero-order valence-corrected chi connectivity index (χ0v) is 34.1. The van der Waals surface area contributed by atoms with E-state index in [4.69, 9.17) is 23.9 Å². The van der Waals surface area contributed by atoms with Crippen molar-refractivity contribution < 1.29 is 48.5 Å². The Morgan fingerprint density at radius 2 is 1.35 bits per heavy atom. The molecule has 2 rings (SSSR count). The fraction of sp³-hybridized carbons (Fsp3) is 0.923. The van der Waals surface area contributed by atoms with Crippen LogP contribution in [0.1, 0.15) is 148 Å². The predicted octanol–water partition coefficient (Wildman–Crippen LogP) is 6.14. The van der Waals surface area contributed by atoms with Crippen molar-refractivity contribution >= 4 is 18.4 Å². The summed E-state index contributed by atoms with van der Waals surface area (Å²) in [5.74, 6) is -1.18. The van der Waals surface area contributed by atoms with Gasteiger partial charge in [-0.3, -0.25) is 19.3 Å². The van der Waals surface area contributed by atoms with Gasteiger partial charge < -0.3 is 24.4 Å². The lowest BCUT2D eigenvalue weighted by molar-refractivity contribution is -0.337. The summed E-state index contributed by atoms with van der Waals surface area (Å²) in [6.45, 7) is 26.2. The molecule has 2 aliphatic heterocycles. The van der Waals surface area contributed by atoms with Crippen LogP contribution in [0.3, 0.4) is 0 Å². The van der Waals surface area contributed by atoms with Crippen LogP contribution in [0.25, 0.3) is 0 Å². The Morgan fingerprint density at radius 3 is 1.86 bits per heavy atom. The van der Waals surface area contributed by atoms with Crippen LogP contribution in [0, 0.1) is 17.3 Å². The van der Waals surface area contributed by atoms with Crippen LogP contribution in [0.15, 0.2) is 0 Å². The molecule has 0 aromatic rings. The minimum Gasteiger partial charge on any atom is -0.467 e. The molecular weight excluding hydrogens is 656 g/mol. The number of esters is 2. The van der Waals surface area contributed by atoms with Crippen LogP contribution in [-0.4, -0.2) is 105 Å². The summed E-state index contributed by atoms with van der Waals surface area (Å²) in [7, 11) is 0. The fourth-order valence-electron chi connectivity index (χ4n) is 8.19. The highest BCUT2D eigenvalue weighted by atomic mass is 16.7. The lowest BCUT2D eigenvalue weighted by atomic mass is 9.67. The first-order valence-electron chi connectivity index (χ1n) is 19.4. The molecule has 0 aromatic carbocycles.